The van der Waals surface area contributed by atoms with Gasteiger partial charge in [0.05, 0.1) is 27.0 Å². The first kappa shape index (κ1) is 19.0. The molecule has 1 aromatic carbocycles. The van der Waals surface area contributed by atoms with Crippen LogP contribution in [0.4, 0.5) is 11.5 Å². The third-order valence-electron chi connectivity index (χ3n) is 3.37. The second-order valence-electron chi connectivity index (χ2n) is 5.05. The normalized spacial score (nSPS) is 10.0. The first-order chi connectivity index (χ1) is 12.5. The Hall–Kier alpha value is -3.36. The van der Waals surface area contributed by atoms with Crippen molar-refractivity contribution in [2.75, 3.05) is 32.0 Å². The molecule has 0 aliphatic heterocycles. The highest BCUT2D eigenvalue weighted by Gasteiger charge is 2.14. The number of nitrogens with one attached hydrogen (secondary N) is 2. The average molecular weight is 360 g/mol. The fourth-order valence-electron chi connectivity index (χ4n) is 2.04. The van der Waals surface area contributed by atoms with Crippen LogP contribution in [0, 0.1) is 0 Å². The highest BCUT2D eigenvalue weighted by atomic mass is 16.5. The summed E-state index contributed by atoms with van der Waals surface area (Å²) >= 11 is 0. The molecule has 0 unspecified atom stereocenters. The quantitative estimate of drug-likeness (QED) is 0.777. The number of anilines is 2. The summed E-state index contributed by atoms with van der Waals surface area (Å²) in [4.78, 5) is 32.2. The van der Waals surface area contributed by atoms with E-state index in [0.717, 1.165) is 0 Å². The molecule has 26 heavy (non-hydrogen) atoms. The number of amides is 2. The first-order valence-corrected chi connectivity index (χ1v) is 7.77. The minimum atomic E-state index is -0.428. The Morgan fingerprint density at radius 3 is 2.38 bits per heavy atom. The second-order valence-corrected chi connectivity index (χ2v) is 5.05. The van der Waals surface area contributed by atoms with Crippen molar-refractivity contribution in [2.24, 2.45) is 0 Å². The van der Waals surface area contributed by atoms with Crippen molar-refractivity contribution in [3.63, 3.8) is 0 Å². The van der Waals surface area contributed by atoms with Crippen LogP contribution in [-0.2, 0) is 4.79 Å². The van der Waals surface area contributed by atoms with Crippen LogP contribution in [0.25, 0.3) is 0 Å². The molecule has 0 bridgehead atoms. The number of benzene rings is 1. The molecule has 9 heteroatoms. The van der Waals surface area contributed by atoms with E-state index in [4.69, 9.17) is 14.2 Å². The van der Waals surface area contributed by atoms with Crippen LogP contribution in [0.3, 0.4) is 0 Å². The van der Waals surface area contributed by atoms with E-state index in [1.807, 2.05) is 0 Å². The summed E-state index contributed by atoms with van der Waals surface area (Å²) in [6.07, 6.45) is 0.306. The van der Waals surface area contributed by atoms with Gasteiger partial charge in [-0.25, -0.2) is 0 Å². The van der Waals surface area contributed by atoms with Crippen LogP contribution < -0.4 is 24.8 Å². The Kier molecular flexibility index (Phi) is 6.31. The van der Waals surface area contributed by atoms with Crippen LogP contribution >= 0.6 is 0 Å². The third kappa shape index (κ3) is 4.59. The highest BCUT2D eigenvalue weighted by Crippen LogP contribution is 2.26. The van der Waals surface area contributed by atoms with Gasteiger partial charge in [-0.05, 0) is 18.2 Å². The van der Waals surface area contributed by atoms with Gasteiger partial charge in [0.2, 0.25) is 11.8 Å². The Bertz CT molecular complexity index is 787. The molecule has 0 aliphatic rings. The number of ether oxygens (including phenoxy) is 3. The fourth-order valence-corrected chi connectivity index (χ4v) is 2.04. The molecule has 0 radical (unpaired) electrons. The Balaban J connectivity index is 2.26. The predicted octanol–water partition coefficient (Wildman–Crippen LogP) is 2.10. The summed E-state index contributed by atoms with van der Waals surface area (Å²) in [6.45, 7) is 1.73. The molecule has 0 atom stereocenters. The summed E-state index contributed by atoms with van der Waals surface area (Å²) in [5.74, 6) is 0.300. The molecule has 2 rings (SSSR count). The van der Waals surface area contributed by atoms with Gasteiger partial charge < -0.3 is 24.8 Å². The predicted molar refractivity (Wildman–Crippen MR) is 95.0 cm³/mol. The van der Waals surface area contributed by atoms with E-state index in [1.54, 1.807) is 19.1 Å². The number of hydrogen-bond acceptors (Lipinski definition) is 7. The van der Waals surface area contributed by atoms with Gasteiger partial charge in [-0.2, -0.15) is 9.97 Å². The first-order valence-electron chi connectivity index (χ1n) is 7.77. The highest BCUT2D eigenvalue weighted by molar-refractivity contribution is 6.05. The molecule has 0 saturated carbocycles. The van der Waals surface area contributed by atoms with Crippen LogP contribution in [0.2, 0.25) is 0 Å². The van der Waals surface area contributed by atoms with E-state index in [9.17, 15) is 9.59 Å². The molecule has 0 aliphatic carbocycles. The van der Waals surface area contributed by atoms with Crippen molar-refractivity contribution in [1.29, 1.82) is 0 Å². The molecule has 2 amide bonds. The van der Waals surface area contributed by atoms with Crippen molar-refractivity contribution in [2.45, 2.75) is 13.3 Å². The maximum absolute atomic E-state index is 12.5. The van der Waals surface area contributed by atoms with Crippen molar-refractivity contribution < 1.29 is 23.8 Å². The fraction of sp³-hybridized carbons (Fsp3) is 0.294. The lowest BCUT2D eigenvalue weighted by molar-refractivity contribution is -0.115. The van der Waals surface area contributed by atoms with Crippen LogP contribution in [0.15, 0.2) is 24.3 Å². The lowest BCUT2D eigenvalue weighted by Crippen LogP contribution is -2.15. The molecular formula is C17H20N4O5. The molecule has 0 fully saturated rings. The van der Waals surface area contributed by atoms with Gasteiger partial charge in [-0.15, -0.1) is 0 Å². The van der Waals surface area contributed by atoms with Gasteiger partial charge >= 0.3 is 6.01 Å². The lowest BCUT2D eigenvalue weighted by atomic mass is 10.1. The number of nitrogens with zero attached hydrogens (tertiary/aromatic N) is 2. The van der Waals surface area contributed by atoms with Gasteiger partial charge in [0.25, 0.3) is 5.91 Å². The smallest absolute Gasteiger partial charge is 0.321 e. The molecular weight excluding hydrogens is 340 g/mol. The Labute approximate surface area is 150 Å². The summed E-state index contributed by atoms with van der Waals surface area (Å²) in [6, 6.07) is 6.22. The van der Waals surface area contributed by atoms with Gasteiger partial charge in [-0.3, -0.25) is 9.59 Å². The minimum Gasteiger partial charge on any atom is -0.495 e. The number of hydrogen-bond donors (Lipinski definition) is 2. The third-order valence-corrected chi connectivity index (χ3v) is 3.37. The number of aromatic nitrogens is 2. The Morgan fingerprint density at radius 1 is 1.00 bits per heavy atom. The van der Waals surface area contributed by atoms with Crippen molar-refractivity contribution in [3.8, 4) is 17.6 Å². The second kappa shape index (κ2) is 8.65. The van der Waals surface area contributed by atoms with Crippen molar-refractivity contribution >= 4 is 23.3 Å². The number of carbonyl (C=O) groups excluding carboxylic acids is 2. The zero-order valence-electron chi connectivity index (χ0n) is 15.0. The summed E-state index contributed by atoms with van der Waals surface area (Å²) < 4.78 is 15.2. The molecule has 1 aromatic heterocycles. The van der Waals surface area contributed by atoms with E-state index in [-0.39, 0.29) is 23.6 Å². The zero-order valence-corrected chi connectivity index (χ0v) is 15.0. The maximum Gasteiger partial charge on any atom is 0.321 e. The molecule has 2 aromatic rings. The topological polar surface area (TPSA) is 112 Å². The van der Waals surface area contributed by atoms with Gasteiger partial charge in [0.15, 0.2) is 0 Å². The summed E-state index contributed by atoms with van der Waals surface area (Å²) in [5, 5.41) is 5.33. The largest absolute Gasteiger partial charge is 0.495 e. The number of methoxy groups -OCH3 is 3. The molecule has 2 N–H and O–H groups in total. The SMILES string of the molecule is CCC(=O)Nc1cc(C(=O)Nc2cc(OC)nc(OC)n2)ccc1OC. The number of carbonyl (C=O) groups is 2. The van der Waals surface area contributed by atoms with Gasteiger partial charge in [-0.1, -0.05) is 6.92 Å². The molecule has 0 spiro atoms. The van der Waals surface area contributed by atoms with E-state index in [1.165, 1.54) is 33.5 Å². The molecule has 1 heterocycles. The van der Waals surface area contributed by atoms with E-state index >= 15 is 0 Å². The lowest BCUT2D eigenvalue weighted by Gasteiger charge is -2.12. The number of rotatable bonds is 7. The molecule has 138 valence electrons. The van der Waals surface area contributed by atoms with E-state index in [0.29, 0.717) is 23.4 Å². The van der Waals surface area contributed by atoms with Gasteiger partial charge in [0.1, 0.15) is 11.6 Å². The van der Waals surface area contributed by atoms with Crippen molar-refractivity contribution in [3.05, 3.63) is 29.8 Å². The summed E-state index contributed by atoms with van der Waals surface area (Å²) in [7, 11) is 4.34. The standard InChI is InChI=1S/C17H20N4O5/c1-5-14(22)18-11-8-10(6-7-12(11)24-2)16(23)19-13-9-15(25-3)21-17(20-13)26-4/h6-9H,5H2,1-4H3,(H,18,22)(H,19,20,21,23). The minimum absolute atomic E-state index is 0.0604. The van der Waals surface area contributed by atoms with Crippen LogP contribution in [-0.4, -0.2) is 43.1 Å². The molecule has 0 saturated heterocycles. The van der Waals surface area contributed by atoms with Gasteiger partial charge in [0, 0.05) is 18.1 Å². The average Bonchev–Trinajstić information content (AvgIpc) is 2.67. The van der Waals surface area contributed by atoms with Crippen molar-refractivity contribution in [1.82, 2.24) is 9.97 Å². The molecule has 9 nitrogen and oxygen atoms in total. The van der Waals surface area contributed by atoms with Crippen LogP contribution in [0.5, 0.6) is 17.6 Å². The van der Waals surface area contributed by atoms with Crippen LogP contribution in [0.1, 0.15) is 23.7 Å². The maximum atomic E-state index is 12.5. The Morgan fingerprint density at radius 2 is 1.77 bits per heavy atom. The van der Waals surface area contributed by atoms with E-state index < -0.39 is 5.91 Å². The monoisotopic (exact) mass is 360 g/mol. The summed E-state index contributed by atoms with van der Waals surface area (Å²) in [5.41, 5.74) is 0.721. The zero-order chi connectivity index (χ0) is 19.1. The van der Waals surface area contributed by atoms with E-state index in [2.05, 4.69) is 20.6 Å².